The summed E-state index contributed by atoms with van der Waals surface area (Å²) in [5, 5.41) is 31.3. The second-order valence-electron chi connectivity index (χ2n) is 12.7. The van der Waals surface area contributed by atoms with E-state index in [1.54, 1.807) is 0 Å². The van der Waals surface area contributed by atoms with Crippen molar-refractivity contribution in [3.8, 4) is 0 Å². The van der Waals surface area contributed by atoms with Crippen LogP contribution in [-0.2, 0) is 4.79 Å². The standard InChI is InChI=1S/C28H48O4/c1-5-20-24-16-19(31)10-12-28(24,4)23-11-13-27(3)21(8-9-22(27)25(23)26(20)32)17(2)15-18(30)7-6-14-29/h17,19-26,29,31-32H,5-16H2,1-4H3/t17-,19-,20-,21-,22?,23?,24+,25?,26?,27-,28-/m1/s1. The third kappa shape index (κ3) is 3.90. The van der Waals surface area contributed by atoms with Crippen molar-refractivity contribution in [3.63, 3.8) is 0 Å². The predicted octanol–water partition coefficient (Wildman–Crippen LogP) is 4.98. The molecule has 4 unspecified atom stereocenters. The van der Waals surface area contributed by atoms with E-state index in [0.29, 0.717) is 66.5 Å². The van der Waals surface area contributed by atoms with Crippen LogP contribution in [0.2, 0.25) is 0 Å². The van der Waals surface area contributed by atoms with Crippen LogP contribution in [0.25, 0.3) is 0 Å². The summed E-state index contributed by atoms with van der Waals surface area (Å²) in [4.78, 5) is 12.4. The van der Waals surface area contributed by atoms with Gasteiger partial charge < -0.3 is 15.3 Å². The molecule has 0 spiro atoms. The van der Waals surface area contributed by atoms with Crippen LogP contribution in [0.15, 0.2) is 0 Å². The number of aliphatic hydroxyl groups is 3. The van der Waals surface area contributed by atoms with Crippen LogP contribution in [-0.4, -0.2) is 39.9 Å². The molecule has 4 nitrogen and oxygen atoms in total. The number of aliphatic hydroxyl groups excluding tert-OH is 3. The summed E-state index contributed by atoms with van der Waals surface area (Å²) in [6.45, 7) is 9.57. The van der Waals surface area contributed by atoms with E-state index in [-0.39, 0.29) is 29.6 Å². The maximum atomic E-state index is 12.4. The molecule has 0 bridgehead atoms. The molecular formula is C28H48O4. The van der Waals surface area contributed by atoms with Crippen molar-refractivity contribution in [2.45, 2.75) is 111 Å². The third-order valence-electron chi connectivity index (χ3n) is 11.3. The molecule has 4 saturated carbocycles. The van der Waals surface area contributed by atoms with E-state index in [9.17, 15) is 15.0 Å². The van der Waals surface area contributed by atoms with Gasteiger partial charge >= 0.3 is 0 Å². The van der Waals surface area contributed by atoms with Gasteiger partial charge in [0, 0.05) is 19.4 Å². The highest BCUT2D eigenvalue weighted by Crippen LogP contribution is 2.69. The van der Waals surface area contributed by atoms with Crippen LogP contribution < -0.4 is 0 Å². The van der Waals surface area contributed by atoms with Gasteiger partial charge in [0.1, 0.15) is 5.78 Å². The largest absolute Gasteiger partial charge is 0.396 e. The summed E-state index contributed by atoms with van der Waals surface area (Å²) in [7, 11) is 0. The molecule has 0 saturated heterocycles. The van der Waals surface area contributed by atoms with Crippen molar-refractivity contribution in [2.24, 2.45) is 52.3 Å². The van der Waals surface area contributed by atoms with Gasteiger partial charge in [0.05, 0.1) is 12.2 Å². The lowest BCUT2D eigenvalue weighted by Gasteiger charge is -2.64. The van der Waals surface area contributed by atoms with Crippen molar-refractivity contribution >= 4 is 5.78 Å². The highest BCUT2D eigenvalue weighted by molar-refractivity contribution is 5.78. The zero-order chi connectivity index (χ0) is 23.3. The van der Waals surface area contributed by atoms with Crippen LogP contribution in [0.3, 0.4) is 0 Å². The van der Waals surface area contributed by atoms with E-state index in [0.717, 1.165) is 25.7 Å². The Hall–Kier alpha value is -0.450. The molecular weight excluding hydrogens is 400 g/mol. The Kier molecular flexibility index (Phi) is 7.17. The zero-order valence-electron chi connectivity index (χ0n) is 20.9. The van der Waals surface area contributed by atoms with Gasteiger partial charge in [-0.15, -0.1) is 0 Å². The van der Waals surface area contributed by atoms with Crippen molar-refractivity contribution in [1.29, 1.82) is 0 Å². The highest BCUT2D eigenvalue weighted by atomic mass is 16.3. The fraction of sp³-hybridized carbons (Fsp3) is 0.964. The van der Waals surface area contributed by atoms with Gasteiger partial charge in [-0.3, -0.25) is 4.79 Å². The van der Waals surface area contributed by atoms with Crippen molar-refractivity contribution < 1.29 is 20.1 Å². The first-order chi connectivity index (χ1) is 15.2. The summed E-state index contributed by atoms with van der Waals surface area (Å²) in [6, 6.07) is 0. The average Bonchev–Trinajstić information content (AvgIpc) is 3.11. The molecule has 3 N–H and O–H groups in total. The molecule has 4 aliphatic rings. The van der Waals surface area contributed by atoms with Crippen LogP contribution in [0, 0.1) is 52.3 Å². The number of carbonyl (C=O) groups is 1. The summed E-state index contributed by atoms with van der Waals surface area (Å²) in [5.74, 6) is 3.46. The van der Waals surface area contributed by atoms with Gasteiger partial charge in [0.15, 0.2) is 0 Å². The maximum Gasteiger partial charge on any atom is 0.133 e. The minimum atomic E-state index is -0.252. The molecule has 0 aromatic heterocycles. The Bertz CT molecular complexity index is 678. The Morgan fingerprint density at radius 1 is 1.00 bits per heavy atom. The Balaban J connectivity index is 1.56. The molecule has 0 amide bonds. The monoisotopic (exact) mass is 448 g/mol. The zero-order valence-corrected chi connectivity index (χ0v) is 20.9. The number of fused-ring (bicyclic) bond motifs is 5. The molecule has 4 fully saturated rings. The van der Waals surface area contributed by atoms with Gasteiger partial charge in [-0.2, -0.15) is 0 Å². The SMILES string of the molecule is CC[C@H]1C(O)C2C3CC[C@H]([C@H](C)CC(=O)CCCO)[C@@]3(C)CCC2[C@@]2(C)CC[C@@H](O)C[C@@H]12. The molecule has 0 aromatic carbocycles. The van der Waals surface area contributed by atoms with Crippen molar-refractivity contribution in [3.05, 3.63) is 0 Å². The molecule has 0 radical (unpaired) electrons. The molecule has 4 aliphatic carbocycles. The first-order valence-corrected chi connectivity index (χ1v) is 13.7. The Labute approximate surface area is 195 Å². The first-order valence-electron chi connectivity index (χ1n) is 13.7. The molecule has 4 rings (SSSR count). The van der Waals surface area contributed by atoms with Crippen LogP contribution in [0.1, 0.15) is 98.3 Å². The van der Waals surface area contributed by atoms with Gasteiger partial charge in [0.25, 0.3) is 0 Å². The molecule has 0 aromatic rings. The fourth-order valence-corrected chi connectivity index (χ4v) is 9.81. The lowest BCUT2D eigenvalue weighted by atomic mass is 9.41. The maximum absolute atomic E-state index is 12.4. The lowest BCUT2D eigenvalue weighted by molar-refractivity contribution is -0.203. The lowest BCUT2D eigenvalue weighted by Crippen LogP contribution is -2.62. The minimum absolute atomic E-state index is 0.0969. The van der Waals surface area contributed by atoms with Crippen LogP contribution >= 0.6 is 0 Å². The molecule has 0 aliphatic heterocycles. The van der Waals surface area contributed by atoms with Crippen LogP contribution in [0.5, 0.6) is 0 Å². The van der Waals surface area contributed by atoms with Crippen LogP contribution in [0.4, 0.5) is 0 Å². The molecule has 184 valence electrons. The number of Topliss-reactive ketones (excluding diaryl/α,β-unsaturated/α-hetero) is 1. The van der Waals surface area contributed by atoms with Gasteiger partial charge in [-0.1, -0.05) is 34.1 Å². The number of ketones is 1. The van der Waals surface area contributed by atoms with Crippen molar-refractivity contribution in [2.75, 3.05) is 6.61 Å². The van der Waals surface area contributed by atoms with E-state index in [1.807, 2.05) is 0 Å². The molecule has 11 atom stereocenters. The van der Waals surface area contributed by atoms with E-state index in [1.165, 1.54) is 25.7 Å². The second kappa shape index (κ2) is 9.30. The van der Waals surface area contributed by atoms with E-state index < -0.39 is 0 Å². The Morgan fingerprint density at radius 2 is 1.69 bits per heavy atom. The second-order valence-corrected chi connectivity index (χ2v) is 12.7. The highest BCUT2D eigenvalue weighted by Gasteiger charge is 2.64. The smallest absolute Gasteiger partial charge is 0.133 e. The number of rotatable bonds is 7. The fourth-order valence-electron chi connectivity index (χ4n) is 9.81. The number of carbonyl (C=O) groups excluding carboxylic acids is 1. The summed E-state index contributed by atoms with van der Waals surface area (Å²) < 4.78 is 0. The molecule has 4 heteroatoms. The average molecular weight is 449 g/mol. The van der Waals surface area contributed by atoms with E-state index in [2.05, 4.69) is 27.7 Å². The van der Waals surface area contributed by atoms with Gasteiger partial charge in [-0.05, 0) is 104 Å². The minimum Gasteiger partial charge on any atom is -0.396 e. The summed E-state index contributed by atoms with van der Waals surface area (Å²) >= 11 is 0. The van der Waals surface area contributed by atoms with E-state index in [4.69, 9.17) is 5.11 Å². The number of hydrogen-bond donors (Lipinski definition) is 3. The van der Waals surface area contributed by atoms with Gasteiger partial charge in [-0.25, -0.2) is 0 Å². The summed E-state index contributed by atoms with van der Waals surface area (Å²) in [5.41, 5.74) is 0.462. The quantitative estimate of drug-likeness (QED) is 0.513. The topological polar surface area (TPSA) is 77.8 Å². The molecule has 0 heterocycles. The Morgan fingerprint density at radius 3 is 2.38 bits per heavy atom. The summed E-state index contributed by atoms with van der Waals surface area (Å²) in [6.07, 6.45) is 9.94. The normalized spacial score (nSPS) is 49.1. The first kappa shape index (κ1) is 24.7. The molecule has 32 heavy (non-hydrogen) atoms. The third-order valence-corrected chi connectivity index (χ3v) is 11.3. The number of hydrogen-bond acceptors (Lipinski definition) is 4. The predicted molar refractivity (Wildman–Crippen MR) is 127 cm³/mol. The van der Waals surface area contributed by atoms with E-state index >= 15 is 0 Å². The van der Waals surface area contributed by atoms with Crippen molar-refractivity contribution in [1.82, 2.24) is 0 Å². The van der Waals surface area contributed by atoms with Gasteiger partial charge in [0.2, 0.25) is 0 Å².